The van der Waals surface area contributed by atoms with Gasteiger partial charge in [0, 0.05) is 38.2 Å². The van der Waals surface area contributed by atoms with Crippen LogP contribution in [0.15, 0.2) is 0 Å². The Labute approximate surface area is 134 Å². The topological polar surface area (TPSA) is 64.6 Å². The van der Waals surface area contributed by atoms with Gasteiger partial charge in [0.25, 0.3) is 0 Å². The lowest BCUT2D eigenvalue weighted by Crippen LogP contribution is -2.55. The summed E-state index contributed by atoms with van der Waals surface area (Å²) < 4.78 is 35.7. The molecule has 5 nitrogen and oxygen atoms in total. The van der Waals surface area contributed by atoms with Crippen LogP contribution in [-0.4, -0.2) is 57.4 Å². The smallest absolute Gasteiger partial charge is 0.151 e. The minimum atomic E-state index is -2.97. The molecule has 2 saturated heterocycles. The Bertz CT molecular complexity index is 467. The van der Waals surface area contributed by atoms with Crippen LogP contribution in [0.2, 0.25) is 0 Å². The van der Waals surface area contributed by atoms with Gasteiger partial charge < -0.3 is 14.8 Å². The molecular weight excluding hydrogens is 302 g/mol. The van der Waals surface area contributed by atoms with Crippen LogP contribution in [0.5, 0.6) is 0 Å². The lowest BCUT2D eigenvalue weighted by atomic mass is 9.83. The van der Waals surface area contributed by atoms with Crippen LogP contribution in [0, 0.1) is 0 Å². The molecule has 0 amide bonds. The Hall–Kier alpha value is -0.170. The Morgan fingerprint density at radius 1 is 1.05 bits per heavy atom. The lowest BCUT2D eigenvalue weighted by molar-refractivity contribution is -0.141. The predicted octanol–water partition coefficient (Wildman–Crippen LogP) is 1.66. The molecule has 3 unspecified atom stereocenters. The molecule has 3 rings (SSSR count). The van der Waals surface area contributed by atoms with E-state index < -0.39 is 9.84 Å². The van der Waals surface area contributed by atoms with Crippen LogP contribution >= 0.6 is 0 Å². The molecule has 2 heterocycles. The van der Waals surface area contributed by atoms with Gasteiger partial charge in [0.1, 0.15) is 0 Å². The highest BCUT2D eigenvalue weighted by Gasteiger charge is 2.41. The van der Waals surface area contributed by atoms with E-state index in [2.05, 4.69) is 5.32 Å². The number of hydrogen-bond acceptors (Lipinski definition) is 5. The molecule has 6 heteroatoms. The van der Waals surface area contributed by atoms with Gasteiger partial charge in [-0.05, 0) is 38.5 Å². The van der Waals surface area contributed by atoms with Gasteiger partial charge in [-0.15, -0.1) is 0 Å². The van der Waals surface area contributed by atoms with Gasteiger partial charge in [0.15, 0.2) is 9.84 Å². The Kier molecular flexibility index (Phi) is 5.12. The molecule has 1 saturated carbocycles. The van der Waals surface area contributed by atoms with Crippen LogP contribution in [0.1, 0.15) is 51.4 Å². The Morgan fingerprint density at radius 3 is 2.50 bits per heavy atom. The van der Waals surface area contributed by atoms with Crippen LogP contribution in [0.4, 0.5) is 0 Å². The highest BCUT2D eigenvalue weighted by Crippen LogP contribution is 2.35. The monoisotopic (exact) mass is 331 g/mol. The van der Waals surface area contributed by atoms with E-state index in [4.69, 9.17) is 9.47 Å². The van der Waals surface area contributed by atoms with Crippen molar-refractivity contribution in [1.82, 2.24) is 5.32 Å². The second kappa shape index (κ2) is 6.75. The molecule has 3 aliphatic rings. The predicted molar refractivity (Wildman–Crippen MR) is 85.8 cm³/mol. The molecule has 0 radical (unpaired) electrons. The first-order valence-electron chi connectivity index (χ1n) is 8.65. The molecule has 0 aromatic rings. The fourth-order valence-corrected chi connectivity index (χ4v) is 5.77. The Balaban J connectivity index is 1.63. The van der Waals surface area contributed by atoms with Crippen molar-refractivity contribution in [3.63, 3.8) is 0 Å². The zero-order chi connectivity index (χ0) is 15.6. The van der Waals surface area contributed by atoms with E-state index in [1.54, 1.807) is 0 Å². The minimum absolute atomic E-state index is 0.0383. The van der Waals surface area contributed by atoms with Gasteiger partial charge in [0.2, 0.25) is 0 Å². The van der Waals surface area contributed by atoms with E-state index in [0.29, 0.717) is 6.04 Å². The van der Waals surface area contributed by atoms with E-state index in [0.717, 1.165) is 71.2 Å². The fourth-order valence-electron chi connectivity index (χ4n) is 4.36. The van der Waals surface area contributed by atoms with Crippen molar-refractivity contribution < 1.29 is 17.9 Å². The molecule has 128 valence electrons. The number of ether oxygens (including phenoxy) is 2. The summed E-state index contributed by atoms with van der Waals surface area (Å²) in [5.41, 5.74) is -0.0383. The van der Waals surface area contributed by atoms with Crippen molar-refractivity contribution in [3.8, 4) is 0 Å². The molecule has 1 spiro atoms. The number of rotatable bonds is 3. The van der Waals surface area contributed by atoms with Crippen molar-refractivity contribution in [1.29, 1.82) is 0 Å². The molecular formula is C16H29NO4S. The highest BCUT2D eigenvalue weighted by molar-refractivity contribution is 7.91. The van der Waals surface area contributed by atoms with Gasteiger partial charge in [-0.2, -0.15) is 0 Å². The van der Waals surface area contributed by atoms with E-state index in [-0.39, 0.29) is 16.9 Å². The summed E-state index contributed by atoms with van der Waals surface area (Å²) in [6.45, 7) is 2.33. The van der Waals surface area contributed by atoms with Crippen molar-refractivity contribution in [2.45, 2.75) is 74.3 Å². The first-order valence-corrected chi connectivity index (χ1v) is 10.6. The molecule has 0 aromatic heterocycles. The maximum Gasteiger partial charge on any atom is 0.151 e. The number of hydrogen-bond donors (Lipinski definition) is 1. The second-order valence-electron chi connectivity index (χ2n) is 7.26. The molecule has 3 atom stereocenters. The molecule has 2 aliphatic heterocycles. The average Bonchev–Trinajstić information content (AvgIpc) is 2.47. The molecule has 0 bridgehead atoms. The van der Waals surface area contributed by atoms with Crippen LogP contribution < -0.4 is 5.32 Å². The van der Waals surface area contributed by atoms with Gasteiger partial charge in [-0.25, -0.2) is 8.42 Å². The average molecular weight is 331 g/mol. The van der Waals surface area contributed by atoms with Crippen LogP contribution in [-0.2, 0) is 19.3 Å². The van der Waals surface area contributed by atoms with Gasteiger partial charge in [0.05, 0.1) is 10.9 Å². The first kappa shape index (κ1) is 16.7. The fraction of sp³-hybridized carbons (Fsp3) is 1.00. The van der Waals surface area contributed by atoms with Crippen molar-refractivity contribution >= 4 is 9.84 Å². The quantitative estimate of drug-likeness (QED) is 0.852. The third kappa shape index (κ3) is 3.83. The van der Waals surface area contributed by atoms with Crippen LogP contribution in [0.3, 0.4) is 0 Å². The Morgan fingerprint density at radius 2 is 1.77 bits per heavy atom. The number of sulfone groups is 1. The molecule has 22 heavy (non-hydrogen) atoms. The van der Waals surface area contributed by atoms with Crippen molar-refractivity contribution in [2.75, 3.05) is 26.1 Å². The zero-order valence-corrected chi connectivity index (χ0v) is 14.4. The third-order valence-corrected chi connectivity index (χ3v) is 7.26. The molecule has 1 aliphatic carbocycles. The summed E-state index contributed by atoms with van der Waals surface area (Å²) in [5, 5.41) is 3.47. The maximum atomic E-state index is 12.1. The lowest BCUT2D eigenvalue weighted by Gasteiger charge is -2.45. The van der Waals surface area contributed by atoms with Crippen molar-refractivity contribution in [3.05, 3.63) is 0 Å². The van der Waals surface area contributed by atoms with Gasteiger partial charge >= 0.3 is 0 Å². The molecule has 0 aromatic carbocycles. The van der Waals surface area contributed by atoms with Crippen LogP contribution in [0.25, 0.3) is 0 Å². The van der Waals surface area contributed by atoms with Crippen molar-refractivity contribution in [2.24, 2.45) is 0 Å². The summed E-state index contributed by atoms with van der Waals surface area (Å²) in [4.78, 5) is 0. The highest BCUT2D eigenvalue weighted by atomic mass is 32.2. The third-order valence-electron chi connectivity index (χ3n) is 5.60. The SMILES string of the molecule is CS(=O)(=O)C1CCCCC1NC1CCOC2(CCOCC2)C1. The zero-order valence-electron chi connectivity index (χ0n) is 13.6. The van der Waals surface area contributed by atoms with Gasteiger partial charge in [-0.1, -0.05) is 12.8 Å². The second-order valence-corrected chi connectivity index (χ2v) is 9.52. The number of nitrogens with one attached hydrogen (secondary N) is 1. The first-order chi connectivity index (χ1) is 10.5. The summed E-state index contributed by atoms with van der Waals surface area (Å²) in [5.74, 6) is 0. The van der Waals surface area contributed by atoms with Gasteiger partial charge in [-0.3, -0.25) is 0 Å². The summed E-state index contributed by atoms with van der Waals surface area (Å²) in [6.07, 6.45) is 9.23. The van der Waals surface area contributed by atoms with E-state index in [9.17, 15) is 8.42 Å². The maximum absolute atomic E-state index is 12.1. The molecule has 1 N–H and O–H groups in total. The van der Waals surface area contributed by atoms with E-state index in [1.165, 1.54) is 6.26 Å². The standard InChI is InChI=1S/C16H29NO4S/c1-22(18,19)15-5-3-2-4-14(15)17-13-6-9-21-16(12-13)7-10-20-11-8-16/h13-15,17H,2-12H2,1H3. The minimum Gasteiger partial charge on any atom is -0.381 e. The summed E-state index contributed by atoms with van der Waals surface area (Å²) in [7, 11) is -2.97. The largest absolute Gasteiger partial charge is 0.381 e. The van der Waals surface area contributed by atoms with E-state index in [1.807, 2.05) is 0 Å². The molecule has 3 fully saturated rings. The summed E-state index contributed by atoms with van der Waals surface area (Å²) in [6, 6.07) is 0.489. The summed E-state index contributed by atoms with van der Waals surface area (Å²) >= 11 is 0. The normalized spacial score (nSPS) is 36.3. The van der Waals surface area contributed by atoms with E-state index >= 15 is 0 Å².